The number of nitrogens with zero attached hydrogens (tertiary/aromatic N) is 4. The molecule has 0 atom stereocenters. The molecule has 1 fully saturated rings. The topological polar surface area (TPSA) is 120 Å². The van der Waals surface area contributed by atoms with Crippen molar-refractivity contribution in [2.45, 2.75) is 12.8 Å². The highest BCUT2D eigenvalue weighted by Gasteiger charge is 2.19. The average Bonchev–Trinajstić information content (AvgIpc) is 2.85. The number of benzene rings is 2. The summed E-state index contributed by atoms with van der Waals surface area (Å²) in [5.41, 5.74) is 0.953. The van der Waals surface area contributed by atoms with Gasteiger partial charge in [-0.3, -0.25) is 4.98 Å². The van der Waals surface area contributed by atoms with Gasteiger partial charge >= 0.3 is 0 Å². The number of anilines is 3. The molecule has 2 N–H and O–H groups in total. The number of halogens is 2. The minimum absolute atomic E-state index is 0.118. The summed E-state index contributed by atoms with van der Waals surface area (Å²) in [7, 11) is -2.73. The average molecular weight is 489 g/mol. The first kappa shape index (κ1) is 23.7. The summed E-state index contributed by atoms with van der Waals surface area (Å²) in [5.74, 6) is -1.03. The second-order valence-electron chi connectivity index (χ2n) is 7.58. The summed E-state index contributed by atoms with van der Waals surface area (Å²) >= 11 is 0. The fraction of sp³-hybridized carbons (Fsp3) is 0.318. The van der Waals surface area contributed by atoms with E-state index in [4.69, 9.17) is 4.74 Å². The first-order chi connectivity index (χ1) is 16.5. The van der Waals surface area contributed by atoms with E-state index in [1.54, 1.807) is 12.3 Å². The third kappa shape index (κ3) is 5.22. The first-order valence-electron chi connectivity index (χ1n) is 10.6. The number of thiol groups is 1. The molecule has 0 aliphatic carbocycles. The Morgan fingerprint density at radius 1 is 1.18 bits per heavy atom. The van der Waals surface area contributed by atoms with Gasteiger partial charge in [0.05, 0.1) is 30.6 Å². The largest absolute Gasteiger partial charge is 0.378 e. The molecule has 12 heteroatoms. The predicted octanol–water partition coefficient (Wildman–Crippen LogP) is 2.41. The molecule has 2 aromatic carbocycles. The third-order valence-corrected chi connectivity index (χ3v) is 5.93. The molecule has 1 aliphatic heterocycles. The highest BCUT2D eigenvalue weighted by Crippen LogP contribution is 2.31. The van der Waals surface area contributed by atoms with Gasteiger partial charge < -0.3 is 15.0 Å². The molecule has 1 aliphatic rings. The van der Waals surface area contributed by atoms with Crippen LogP contribution in [0.1, 0.15) is 17.5 Å². The molecule has 0 unspecified atom stereocenters. The van der Waals surface area contributed by atoms with Crippen LogP contribution < -0.4 is 14.9 Å². The molecule has 34 heavy (non-hydrogen) atoms. The van der Waals surface area contributed by atoms with Crippen molar-refractivity contribution in [2.75, 3.05) is 43.1 Å². The van der Waals surface area contributed by atoms with Gasteiger partial charge in [-0.05, 0) is 36.6 Å². The monoisotopic (exact) mass is 488 g/mol. The van der Waals surface area contributed by atoms with Gasteiger partial charge in [-0.1, -0.05) is 6.07 Å². The van der Waals surface area contributed by atoms with Crippen molar-refractivity contribution >= 4 is 39.1 Å². The van der Waals surface area contributed by atoms with Gasteiger partial charge in [0.25, 0.3) is 0 Å². The molecule has 0 amide bonds. The molecule has 0 spiro atoms. The van der Waals surface area contributed by atoms with Crippen molar-refractivity contribution in [3.63, 3.8) is 0 Å². The second-order valence-corrected chi connectivity index (χ2v) is 8.41. The molecule has 0 bridgehead atoms. The number of hydrogen-bond acceptors (Lipinski definition) is 8. The van der Waals surface area contributed by atoms with Gasteiger partial charge in [-0.15, -0.1) is 0 Å². The van der Waals surface area contributed by atoms with E-state index in [-0.39, 0.29) is 29.8 Å². The van der Waals surface area contributed by atoms with Crippen LogP contribution in [0, 0.1) is 23.0 Å². The normalized spacial score (nSPS) is 13.9. The predicted molar refractivity (Wildman–Crippen MR) is 124 cm³/mol. The van der Waals surface area contributed by atoms with Crippen LogP contribution in [0.25, 0.3) is 11.0 Å². The van der Waals surface area contributed by atoms with E-state index >= 15 is 4.39 Å². The fourth-order valence-electron chi connectivity index (χ4n) is 3.72. The molecule has 178 valence electrons. The molecular weight excluding hydrogens is 466 g/mol. The van der Waals surface area contributed by atoms with Crippen LogP contribution in [0.15, 0.2) is 30.5 Å². The molecular formula is C22H22F2N6O3S. The van der Waals surface area contributed by atoms with Gasteiger partial charge in [0, 0.05) is 19.6 Å². The second kappa shape index (κ2) is 10.7. The lowest BCUT2D eigenvalue weighted by Crippen LogP contribution is -2.36. The Morgan fingerprint density at radius 3 is 2.71 bits per heavy atom. The first-order valence-corrected chi connectivity index (χ1v) is 11.8. The van der Waals surface area contributed by atoms with Crippen molar-refractivity contribution in [1.29, 1.82) is 5.26 Å². The van der Waals surface area contributed by atoms with Gasteiger partial charge in [-0.2, -0.15) is 5.26 Å². The maximum absolute atomic E-state index is 15.1. The molecule has 2 heterocycles. The number of nitrogens with one attached hydrogen (secondary N) is 2. The van der Waals surface area contributed by atoms with E-state index in [0.29, 0.717) is 49.6 Å². The SMILES string of the molecule is N#Cc1c(Nc2c(F)ccc(CCCN[SH](=O)=O)c2F)ccc2ncc(N3CCOCC3)nc12. The van der Waals surface area contributed by atoms with Gasteiger partial charge in [0.15, 0.2) is 5.82 Å². The Hall–Kier alpha value is -3.40. The van der Waals surface area contributed by atoms with Crippen molar-refractivity contribution in [3.8, 4) is 6.07 Å². The van der Waals surface area contributed by atoms with Gasteiger partial charge in [0.2, 0.25) is 10.9 Å². The Labute approximate surface area is 196 Å². The Bertz CT molecular complexity index is 1310. The van der Waals surface area contributed by atoms with Crippen LogP contribution in [0.5, 0.6) is 0 Å². The lowest BCUT2D eigenvalue weighted by atomic mass is 10.1. The van der Waals surface area contributed by atoms with Crippen LogP contribution in [-0.2, 0) is 22.0 Å². The smallest absolute Gasteiger partial charge is 0.201 e. The summed E-state index contributed by atoms with van der Waals surface area (Å²) in [6, 6.07) is 7.69. The van der Waals surface area contributed by atoms with Crippen molar-refractivity contribution in [1.82, 2.24) is 14.7 Å². The highest BCUT2D eigenvalue weighted by atomic mass is 32.2. The highest BCUT2D eigenvalue weighted by molar-refractivity contribution is 7.70. The van der Waals surface area contributed by atoms with Crippen molar-refractivity contribution in [3.05, 3.63) is 53.2 Å². The van der Waals surface area contributed by atoms with Crippen LogP contribution in [0.4, 0.5) is 26.0 Å². The van der Waals surface area contributed by atoms with Crippen LogP contribution in [0.2, 0.25) is 0 Å². The van der Waals surface area contributed by atoms with Crippen molar-refractivity contribution < 1.29 is 21.9 Å². The van der Waals surface area contributed by atoms with Crippen LogP contribution in [0.3, 0.4) is 0 Å². The Kier molecular flexibility index (Phi) is 7.46. The molecule has 1 saturated heterocycles. The van der Waals surface area contributed by atoms with E-state index in [2.05, 4.69) is 26.1 Å². The number of nitriles is 1. The zero-order valence-corrected chi connectivity index (χ0v) is 18.9. The zero-order valence-electron chi connectivity index (χ0n) is 18.1. The quantitative estimate of drug-likeness (QED) is 0.327. The third-order valence-electron chi connectivity index (χ3n) is 5.44. The van der Waals surface area contributed by atoms with Crippen molar-refractivity contribution in [2.24, 2.45) is 0 Å². The van der Waals surface area contributed by atoms with Gasteiger partial charge in [0.1, 0.15) is 34.5 Å². The van der Waals surface area contributed by atoms with Crippen LogP contribution >= 0.6 is 0 Å². The summed E-state index contributed by atoms with van der Waals surface area (Å²) < 4.78 is 58.4. The van der Waals surface area contributed by atoms with Gasteiger partial charge in [-0.25, -0.2) is 26.9 Å². The summed E-state index contributed by atoms with van der Waals surface area (Å²) in [6.45, 7) is 2.55. The van der Waals surface area contributed by atoms with E-state index < -0.39 is 28.2 Å². The molecule has 9 nitrogen and oxygen atoms in total. The number of aryl methyl sites for hydroxylation is 1. The molecule has 3 aromatic rings. The lowest BCUT2D eigenvalue weighted by molar-refractivity contribution is 0.122. The van der Waals surface area contributed by atoms with Crippen LogP contribution in [-0.4, -0.2) is 51.2 Å². The number of morpholine rings is 1. The van der Waals surface area contributed by atoms with E-state index in [9.17, 15) is 18.1 Å². The Balaban J connectivity index is 1.64. The number of hydrogen-bond donors (Lipinski definition) is 3. The molecule has 1 aromatic heterocycles. The zero-order chi connectivity index (χ0) is 24.1. The summed E-state index contributed by atoms with van der Waals surface area (Å²) in [6.07, 6.45) is 2.17. The van der Waals surface area contributed by atoms with E-state index in [1.165, 1.54) is 12.1 Å². The fourth-order valence-corrected chi connectivity index (χ4v) is 4.06. The van der Waals surface area contributed by atoms with E-state index in [1.807, 2.05) is 4.90 Å². The minimum Gasteiger partial charge on any atom is -0.378 e. The number of rotatable bonds is 8. The Morgan fingerprint density at radius 2 is 1.97 bits per heavy atom. The molecule has 4 rings (SSSR count). The standard InChI is InChI=1S/C22H22F2N6O3S/c23-16-4-3-14(2-1-7-27-34(31)32)20(24)22(16)28-17-5-6-18-21(15(17)12-25)29-19(13-26-18)30-8-10-33-11-9-30/h3-6,13,28,34H,1-2,7-11H2,(H,27,31,32). The number of fused-ring (bicyclic) bond motifs is 1. The number of aromatic nitrogens is 2. The minimum atomic E-state index is -2.73. The molecule has 0 saturated carbocycles. The molecule has 0 radical (unpaired) electrons. The summed E-state index contributed by atoms with van der Waals surface area (Å²) in [4.78, 5) is 11.0. The lowest BCUT2D eigenvalue weighted by Gasteiger charge is -2.27. The maximum atomic E-state index is 15.1. The maximum Gasteiger partial charge on any atom is 0.201 e. The van der Waals surface area contributed by atoms with E-state index in [0.717, 1.165) is 6.07 Å². The summed E-state index contributed by atoms with van der Waals surface area (Å²) in [5, 5.41) is 12.6. The number of ether oxygens (including phenoxy) is 1.